The zero-order chi connectivity index (χ0) is 14.0. The first kappa shape index (κ1) is 14.3. The van der Waals surface area contributed by atoms with E-state index in [1.54, 1.807) is 0 Å². The Kier molecular flexibility index (Phi) is 4.42. The third-order valence-electron chi connectivity index (χ3n) is 3.19. The number of benzene rings is 1. The molecule has 0 spiro atoms. The number of aromatic nitrogens is 2. The van der Waals surface area contributed by atoms with Gasteiger partial charge in [-0.1, -0.05) is 22.0 Å². The van der Waals surface area contributed by atoms with Gasteiger partial charge in [-0.15, -0.1) is 0 Å². The Bertz CT molecular complexity index is 563. The van der Waals surface area contributed by atoms with E-state index in [1.807, 2.05) is 42.1 Å². The fourth-order valence-electron chi connectivity index (χ4n) is 2.09. The number of rotatable bonds is 4. The molecule has 0 amide bonds. The molecule has 0 saturated carbocycles. The van der Waals surface area contributed by atoms with Crippen molar-refractivity contribution in [2.75, 3.05) is 0 Å². The summed E-state index contributed by atoms with van der Waals surface area (Å²) in [6.45, 7) is 6.19. The largest absolute Gasteiger partial charge is 0.388 e. The van der Waals surface area contributed by atoms with Crippen molar-refractivity contribution in [2.24, 2.45) is 0 Å². The summed E-state index contributed by atoms with van der Waals surface area (Å²) in [7, 11) is 0. The van der Waals surface area contributed by atoms with Crippen molar-refractivity contribution >= 4 is 15.9 Å². The lowest BCUT2D eigenvalue weighted by Crippen LogP contribution is -2.06. The summed E-state index contributed by atoms with van der Waals surface area (Å²) < 4.78 is 2.95. The van der Waals surface area contributed by atoms with E-state index in [9.17, 15) is 5.11 Å². The van der Waals surface area contributed by atoms with E-state index in [1.165, 1.54) is 0 Å². The van der Waals surface area contributed by atoms with Gasteiger partial charge in [0.05, 0.1) is 11.8 Å². The van der Waals surface area contributed by atoms with E-state index in [0.717, 1.165) is 21.3 Å². The lowest BCUT2D eigenvalue weighted by molar-refractivity contribution is 0.176. The van der Waals surface area contributed by atoms with E-state index in [2.05, 4.69) is 34.9 Å². The summed E-state index contributed by atoms with van der Waals surface area (Å²) in [6, 6.07) is 8.25. The maximum absolute atomic E-state index is 10.3. The predicted octanol–water partition coefficient (Wildman–Crippen LogP) is 3.81. The molecule has 1 N–H and O–H groups in total. The quantitative estimate of drug-likeness (QED) is 0.929. The average Bonchev–Trinajstić information content (AvgIpc) is 2.77. The van der Waals surface area contributed by atoms with Crippen LogP contribution in [-0.4, -0.2) is 14.9 Å². The molecule has 0 fully saturated rings. The molecule has 1 heterocycles. The highest BCUT2D eigenvalue weighted by atomic mass is 79.9. The molecule has 2 aromatic rings. The molecule has 0 radical (unpaired) electrons. The average molecular weight is 323 g/mol. The second kappa shape index (κ2) is 5.88. The second-order valence-electron chi connectivity index (χ2n) is 5.10. The zero-order valence-corrected chi connectivity index (χ0v) is 13.1. The second-order valence-corrected chi connectivity index (χ2v) is 6.02. The summed E-state index contributed by atoms with van der Waals surface area (Å²) in [4.78, 5) is 0. The lowest BCUT2D eigenvalue weighted by Gasteiger charge is -2.13. The van der Waals surface area contributed by atoms with Gasteiger partial charge in [0.15, 0.2) is 0 Å². The van der Waals surface area contributed by atoms with Gasteiger partial charge in [0, 0.05) is 23.1 Å². The van der Waals surface area contributed by atoms with Gasteiger partial charge < -0.3 is 5.11 Å². The van der Waals surface area contributed by atoms with Crippen molar-refractivity contribution in [1.82, 2.24) is 9.78 Å². The normalized spacial score (nSPS) is 12.9. The Morgan fingerprint density at radius 3 is 2.63 bits per heavy atom. The fourth-order valence-corrected chi connectivity index (χ4v) is 2.57. The minimum absolute atomic E-state index is 0.348. The number of hydrogen-bond acceptors (Lipinski definition) is 2. The lowest BCUT2D eigenvalue weighted by atomic mass is 10.0. The van der Waals surface area contributed by atoms with Crippen LogP contribution in [0.25, 0.3) is 0 Å². The van der Waals surface area contributed by atoms with E-state index in [4.69, 9.17) is 0 Å². The Labute approximate surface area is 122 Å². The maximum Gasteiger partial charge on any atom is 0.0848 e. The SMILES string of the molecule is Cc1cc(Br)ccc1C(O)Cc1ccn(C(C)C)n1. The summed E-state index contributed by atoms with van der Waals surface area (Å²) in [5, 5.41) is 14.8. The minimum atomic E-state index is -0.511. The Morgan fingerprint density at radius 1 is 1.32 bits per heavy atom. The van der Waals surface area contributed by atoms with Crippen molar-refractivity contribution in [2.45, 2.75) is 39.3 Å². The summed E-state index contributed by atoms with van der Waals surface area (Å²) in [5.41, 5.74) is 2.97. The molecular weight excluding hydrogens is 304 g/mol. The van der Waals surface area contributed by atoms with E-state index >= 15 is 0 Å². The molecule has 2 rings (SSSR count). The number of aliphatic hydroxyl groups excluding tert-OH is 1. The van der Waals surface area contributed by atoms with Crippen LogP contribution >= 0.6 is 15.9 Å². The van der Waals surface area contributed by atoms with Gasteiger partial charge in [0.25, 0.3) is 0 Å². The first-order valence-corrected chi connectivity index (χ1v) is 7.25. The van der Waals surface area contributed by atoms with Crippen LogP contribution < -0.4 is 0 Å². The van der Waals surface area contributed by atoms with Crippen molar-refractivity contribution in [3.8, 4) is 0 Å². The molecule has 1 unspecified atom stereocenters. The van der Waals surface area contributed by atoms with Crippen molar-refractivity contribution in [1.29, 1.82) is 0 Å². The van der Waals surface area contributed by atoms with Crippen LogP contribution in [0.2, 0.25) is 0 Å². The molecule has 0 bridgehead atoms. The highest BCUT2D eigenvalue weighted by Gasteiger charge is 2.13. The molecule has 0 aliphatic carbocycles. The van der Waals surface area contributed by atoms with Crippen molar-refractivity contribution in [3.05, 3.63) is 51.8 Å². The zero-order valence-electron chi connectivity index (χ0n) is 11.5. The first-order valence-electron chi connectivity index (χ1n) is 6.45. The first-order chi connectivity index (χ1) is 8.97. The van der Waals surface area contributed by atoms with Crippen LogP contribution in [0.5, 0.6) is 0 Å². The maximum atomic E-state index is 10.3. The van der Waals surface area contributed by atoms with E-state index in [0.29, 0.717) is 12.5 Å². The topological polar surface area (TPSA) is 38.0 Å². The van der Waals surface area contributed by atoms with Gasteiger partial charge in [0.2, 0.25) is 0 Å². The highest BCUT2D eigenvalue weighted by Crippen LogP contribution is 2.24. The number of aryl methyl sites for hydroxylation is 1. The van der Waals surface area contributed by atoms with Crippen LogP contribution in [0.1, 0.15) is 42.8 Å². The minimum Gasteiger partial charge on any atom is -0.388 e. The molecule has 0 saturated heterocycles. The predicted molar refractivity (Wildman–Crippen MR) is 80.2 cm³/mol. The standard InChI is InChI=1S/C15H19BrN2O/c1-10(2)18-7-6-13(17-18)9-15(19)14-5-4-12(16)8-11(14)3/h4-8,10,15,19H,9H2,1-3H3. The number of halogens is 1. The van der Waals surface area contributed by atoms with Crippen LogP contribution in [0.3, 0.4) is 0 Å². The Morgan fingerprint density at radius 2 is 2.05 bits per heavy atom. The van der Waals surface area contributed by atoms with Gasteiger partial charge >= 0.3 is 0 Å². The van der Waals surface area contributed by atoms with Gasteiger partial charge in [0.1, 0.15) is 0 Å². The fraction of sp³-hybridized carbons (Fsp3) is 0.400. The van der Waals surface area contributed by atoms with Crippen molar-refractivity contribution in [3.63, 3.8) is 0 Å². The van der Waals surface area contributed by atoms with Crippen LogP contribution in [0.4, 0.5) is 0 Å². The van der Waals surface area contributed by atoms with Crippen molar-refractivity contribution < 1.29 is 5.11 Å². The molecule has 1 aromatic carbocycles. The monoisotopic (exact) mass is 322 g/mol. The van der Waals surface area contributed by atoms with Crippen LogP contribution in [0.15, 0.2) is 34.9 Å². The van der Waals surface area contributed by atoms with E-state index < -0.39 is 6.10 Å². The number of nitrogens with zero attached hydrogens (tertiary/aromatic N) is 2. The molecule has 3 nitrogen and oxygen atoms in total. The smallest absolute Gasteiger partial charge is 0.0848 e. The molecule has 4 heteroatoms. The highest BCUT2D eigenvalue weighted by molar-refractivity contribution is 9.10. The van der Waals surface area contributed by atoms with Gasteiger partial charge in [-0.25, -0.2) is 0 Å². The Hall–Kier alpha value is -1.13. The molecule has 0 aliphatic heterocycles. The third kappa shape index (κ3) is 3.45. The molecular formula is C15H19BrN2O. The molecule has 1 atom stereocenters. The van der Waals surface area contributed by atoms with E-state index in [-0.39, 0.29) is 0 Å². The van der Waals surface area contributed by atoms with Gasteiger partial charge in [-0.3, -0.25) is 4.68 Å². The van der Waals surface area contributed by atoms with Gasteiger partial charge in [-0.2, -0.15) is 5.10 Å². The number of hydrogen-bond donors (Lipinski definition) is 1. The summed E-state index contributed by atoms with van der Waals surface area (Å²) in [6.07, 6.45) is 1.99. The molecule has 19 heavy (non-hydrogen) atoms. The number of aliphatic hydroxyl groups is 1. The molecule has 0 aliphatic rings. The van der Waals surface area contributed by atoms with Crippen LogP contribution in [0, 0.1) is 6.92 Å². The Balaban J connectivity index is 2.13. The van der Waals surface area contributed by atoms with Crippen LogP contribution in [-0.2, 0) is 6.42 Å². The van der Waals surface area contributed by atoms with Gasteiger partial charge in [-0.05, 0) is 50.1 Å². The third-order valence-corrected chi connectivity index (χ3v) is 3.68. The molecule has 1 aromatic heterocycles. The molecule has 102 valence electrons. The summed E-state index contributed by atoms with van der Waals surface area (Å²) in [5.74, 6) is 0. The summed E-state index contributed by atoms with van der Waals surface area (Å²) >= 11 is 3.43.